The van der Waals surface area contributed by atoms with Gasteiger partial charge < -0.3 is 4.90 Å². The van der Waals surface area contributed by atoms with E-state index in [-0.39, 0.29) is 0 Å². The number of hydrogen-bond acceptors (Lipinski definition) is 1. The maximum Gasteiger partial charge on any atom is 0.0494 e. The van der Waals surface area contributed by atoms with Gasteiger partial charge in [0.1, 0.15) is 0 Å². The van der Waals surface area contributed by atoms with Gasteiger partial charge >= 0.3 is 0 Å². The Bertz CT molecular complexity index is 325. The lowest BCUT2D eigenvalue weighted by molar-refractivity contribution is 0.637. The Labute approximate surface area is 106 Å². The molecule has 0 atom stereocenters. The molecule has 0 heterocycles. The van der Waals surface area contributed by atoms with Crippen LogP contribution in [-0.2, 0) is 5.88 Å². The Kier molecular flexibility index (Phi) is 4.94. The largest absolute Gasteiger partial charge is 0.374 e. The fourth-order valence-corrected chi connectivity index (χ4v) is 2.23. The molecular weight excluding hydrogens is 273 g/mol. The third-order valence-electron chi connectivity index (χ3n) is 2.24. The van der Waals surface area contributed by atoms with Gasteiger partial charge in [-0.1, -0.05) is 35.8 Å². The van der Waals surface area contributed by atoms with Crippen molar-refractivity contribution in [2.75, 3.05) is 18.5 Å². The van der Waals surface area contributed by atoms with Crippen LogP contribution in [0.5, 0.6) is 0 Å². The Morgan fingerprint density at radius 3 is 2.60 bits per heavy atom. The van der Waals surface area contributed by atoms with E-state index in [2.05, 4.69) is 53.9 Å². The van der Waals surface area contributed by atoms with E-state index in [1.165, 1.54) is 11.3 Å². The molecule has 0 aliphatic carbocycles. The van der Waals surface area contributed by atoms with Gasteiger partial charge in [0.15, 0.2) is 0 Å². The summed E-state index contributed by atoms with van der Waals surface area (Å²) in [7, 11) is 2.11. The van der Waals surface area contributed by atoms with Gasteiger partial charge in [-0.2, -0.15) is 0 Å². The Balaban J connectivity index is 2.94. The van der Waals surface area contributed by atoms with E-state index in [0.717, 1.165) is 11.0 Å². The maximum atomic E-state index is 5.92. The van der Waals surface area contributed by atoms with Gasteiger partial charge in [0.05, 0.1) is 0 Å². The number of hydrogen-bond donors (Lipinski definition) is 0. The number of alkyl halides is 1. The van der Waals surface area contributed by atoms with Crippen LogP contribution in [0.25, 0.3) is 0 Å². The van der Waals surface area contributed by atoms with Crippen LogP contribution in [0.1, 0.15) is 19.4 Å². The molecule has 0 aliphatic rings. The lowest BCUT2D eigenvalue weighted by atomic mass is 10.1. The van der Waals surface area contributed by atoms with Crippen molar-refractivity contribution in [1.29, 1.82) is 0 Å². The minimum atomic E-state index is 0.561. The van der Waals surface area contributed by atoms with Crippen molar-refractivity contribution < 1.29 is 0 Å². The number of anilines is 1. The average molecular weight is 291 g/mol. The van der Waals surface area contributed by atoms with E-state index >= 15 is 0 Å². The Hall–Kier alpha value is -0.210. The predicted octanol–water partition coefficient (Wildman–Crippen LogP) is 4.28. The van der Waals surface area contributed by atoms with Gasteiger partial charge in [-0.05, 0) is 23.6 Å². The van der Waals surface area contributed by atoms with Crippen molar-refractivity contribution in [3.8, 4) is 0 Å². The third kappa shape index (κ3) is 3.69. The van der Waals surface area contributed by atoms with E-state index in [0.29, 0.717) is 11.8 Å². The molecule has 0 N–H and O–H groups in total. The summed E-state index contributed by atoms with van der Waals surface area (Å²) in [6.45, 7) is 5.48. The highest BCUT2D eigenvalue weighted by molar-refractivity contribution is 9.10. The van der Waals surface area contributed by atoms with E-state index in [1.54, 1.807) is 0 Å². The topological polar surface area (TPSA) is 3.24 Å². The van der Waals surface area contributed by atoms with Crippen molar-refractivity contribution in [1.82, 2.24) is 0 Å². The van der Waals surface area contributed by atoms with Gasteiger partial charge in [0, 0.05) is 29.6 Å². The van der Waals surface area contributed by atoms with Crippen molar-refractivity contribution >= 4 is 33.2 Å². The zero-order chi connectivity index (χ0) is 11.4. The molecule has 0 aliphatic heterocycles. The summed E-state index contributed by atoms with van der Waals surface area (Å²) in [6.07, 6.45) is 0. The lowest BCUT2D eigenvalue weighted by Gasteiger charge is -2.24. The number of nitrogens with zero attached hydrogens (tertiary/aromatic N) is 1. The lowest BCUT2D eigenvalue weighted by Crippen LogP contribution is -2.23. The van der Waals surface area contributed by atoms with Gasteiger partial charge in [-0.3, -0.25) is 0 Å². The molecule has 1 nitrogen and oxygen atoms in total. The SMILES string of the molecule is CC(C)CN(C)c1cc(Br)ccc1CCl. The first-order valence-electron chi connectivity index (χ1n) is 5.10. The molecule has 84 valence electrons. The minimum Gasteiger partial charge on any atom is -0.374 e. The smallest absolute Gasteiger partial charge is 0.0494 e. The van der Waals surface area contributed by atoms with Crippen LogP contribution in [0.15, 0.2) is 22.7 Å². The van der Waals surface area contributed by atoms with Crippen molar-refractivity contribution in [2.45, 2.75) is 19.7 Å². The molecule has 0 unspecified atom stereocenters. The van der Waals surface area contributed by atoms with Crippen LogP contribution >= 0.6 is 27.5 Å². The maximum absolute atomic E-state index is 5.92. The summed E-state index contributed by atoms with van der Waals surface area (Å²) in [5.74, 6) is 1.21. The monoisotopic (exact) mass is 289 g/mol. The molecular formula is C12H17BrClN. The van der Waals surface area contributed by atoms with Crippen LogP contribution in [0.2, 0.25) is 0 Å². The number of rotatable bonds is 4. The molecule has 0 fully saturated rings. The molecule has 3 heteroatoms. The number of benzene rings is 1. The summed E-state index contributed by atoms with van der Waals surface area (Å²) in [4.78, 5) is 2.26. The summed E-state index contributed by atoms with van der Waals surface area (Å²) in [5.41, 5.74) is 2.40. The van der Waals surface area contributed by atoms with Crippen molar-refractivity contribution in [2.24, 2.45) is 5.92 Å². The third-order valence-corrected chi connectivity index (χ3v) is 3.02. The van der Waals surface area contributed by atoms with Crippen LogP contribution in [0, 0.1) is 5.92 Å². The molecule has 0 saturated carbocycles. The highest BCUT2D eigenvalue weighted by Crippen LogP contribution is 2.26. The van der Waals surface area contributed by atoms with Crippen molar-refractivity contribution in [3.05, 3.63) is 28.2 Å². The molecule has 0 radical (unpaired) electrons. The molecule has 0 aromatic heterocycles. The van der Waals surface area contributed by atoms with E-state index in [1.807, 2.05) is 6.07 Å². The fourth-order valence-electron chi connectivity index (χ4n) is 1.65. The summed E-state index contributed by atoms with van der Waals surface area (Å²) in [6, 6.07) is 6.23. The molecule has 0 amide bonds. The first kappa shape index (κ1) is 12.9. The molecule has 1 aromatic rings. The Morgan fingerprint density at radius 2 is 2.07 bits per heavy atom. The summed E-state index contributed by atoms with van der Waals surface area (Å²) in [5, 5.41) is 0. The minimum absolute atomic E-state index is 0.561. The predicted molar refractivity (Wildman–Crippen MR) is 71.8 cm³/mol. The molecule has 0 spiro atoms. The standard InChI is InChI=1S/C12H17BrClN/c1-9(2)8-15(3)12-6-11(13)5-4-10(12)7-14/h4-6,9H,7-8H2,1-3H3. The van der Waals surface area contributed by atoms with Gasteiger partial charge in [0.2, 0.25) is 0 Å². The second-order valence-electron chi connectivity index (χ2n) is 4.18. The quantitative estimate of drug-likeness (QED) is 0.748. The van der Waals surface area contributed by atoms with Gasteiger partial charge in [-0.25, -0.2) is 0 Å². The highest BCUT2D eigenvalue weighted by atomic mass is 79.9. The molecule has 15 heavy (non-hydrogen) atoms. The van der Waals surface area contributed by atoms with E-state index in [9.17, 15) is 0 Å². The normalized spacial score (nSPS) is 10.8. The van der Waals surface area contributed by atoms with Gasteiger partial charge in [-0.15, -0.1) is 11.6 Å². The highest BCUT2D eigenvalue weighted by Gasteiger charge is 2.08. The first-order valence-corrected chi connectivity index (χ1v) is 6.43. The molecule has 0 bridgehead atoms. The Morgan fingerprint density at radius 1 is 1.40 bits per heavy atom. The van der Waals surface area contributed by atoms with Crippen LogP contribution in [0.3, 0.4) is 0 Å². The van der Waals surface area contributed by atoms with Crippen LogP contribution < -0.4 is 4.90 Å². The van der Waals surface area contributed by atoms with E-state index < -0.39 is 0 Å². The second kappa shape index (κ2) is 5.76. The average Bonchev–Trinajstić information content (AvgIpc) is 2.16. The van der Waals surface area contributed by atoms with E-state index in [4.69, 9.17) is 11.6 Å². The second-order valence-corrected chi connectivity index (χ2v) is 5.36. The van der Waals surface area contributed by atoms with Crippen LogP contribution in [-0.4, -0.2) is 13.6 Å². The zero-order valence-electron chi connectivity index (χ0n) is 9.43. The van der Waals surface area contributed by atoms with Crippen LogP contribution in [0.4, 0.5) is 5.69 Å². The van der Waals surface area contributed by atoms with Gasteiger partial charge in [0.25, 0.3) is 0 Å². The first-order chi connectivity index (χ1) is 7.04. The summed E-state index contributed by atoms with van der Waals surface area (Å²) < 4.78 is 1.10. The molecule has 1 rings (SSSR count). The summed E-state index contributed by atoms with van der Waals surface area (Å²) >= 11 is 9.41. The number of halogens is 2. The fraction of sp³-hybridized carbons (Fsp3) is 0.500. The molecule has 0 saturated heterocycles. The molecule has 1 aromatic carbocycles. The zero-order valence-corrected chi connectivity index (χ0v) is 11.8. The van der Waals surface area contributed by atoms with Crippen molar-refractivity contribution in [3.63, 3.8) is 0 Å².